The first-order chi connectivity index (χ1) is 4.24. The maximum atomic E-state index is 8.25. The molecule has 0 saturated carbocycles. The predicted octanol–water partition coefficient (Wildman–Crippen LogP) is -8.28. The summed E-state index contributed by atoms with van der Waals surface area (Å²) in [6.07, 6.45) is 0. The van der Waals surface area contributed by atoms with E-state index in [1.165, 1.54) is 0 Å². The predicted molar refractivity (Wildman–Crippen MR) is 17.3 cm³/mol. The van der Waals surface area contributed by atoms with Gasteiger partial charge in [0, 0.05) is 0 Å². The molecular weight excluding hydrogens is 240 g/mol. The average Bonchev–Trinajstić information content (AvgIpc) is 1.70. The van der Waals surface area contributed by atoms with E-state index in [-0.39, 0.29) is 34.1 Å². The first-order valence-electron chi connectivity index (χ1n) is 1.41. The van der Waals surface area contributed by atoms with Crippen LogP contribution in [-0.4, -0.2) is 23.1 Å². The summed E-state index contributed by atoms with van der Waals surface area (Å²) in [5.41, 5.74) is 0. The zero-order valence-corrected chi connectivity index (χ0v) is 7.10. The summed E-state index contributed by atoms with van der Waals surface area (Å²) in [4.78, 5) is 0. The standard InChI is InChI=1S/3BO2.2Fe/c3*2-1-3;;/q3*-2;2*+3. The van der Waals surface area contributed by atoms with Crippen LogP contribution in [0.5, 0.6) is 0 Å². The Bertz CT molecular complexity index is 20.5. The largest absolute Gasteiger partial charge is 3.00 e. The molecular formula is B3Fe2O6. The van der Waals surface area contributed by atoms with Gasteiger partial charge in [-0.25, -0.2) is 23.1 Å². The third-order valence-electron chi connectivity index (χ3n) is 0. The summed E-state index contributed by atoms with van der Waals surface area (Å²) in [5.74, 6) is 0. The summed E-state index contributed by atoms with van der Waals surface area (Å²) in [6.45, 7) is 0. The molecule has 0 bridgehead atoms. The van der Waals surface area contributed by atoms with Crippen molar-refractivity contribution in [2.24, 2.45) is 0 Å². The Labute approximate surface area is 87.5 Å². The molecule has 0 aliphatic heterocycles. The summed E-state index contributed by atoms with van der Waals surface area (Å²) in [7, 11) is -1.50. The Balaban J connectivity index is -0.0000000150. The van der Waals surface area contributed by atoms with E-state index in [1.54, 1.807) is 0 Å². The van der Waals surface area contributed by atoms with Gasteiger partial charge in [-0.1, -0.05) is 0 Å². The van der Waals surface area contributed by atoms with Gasteiger partial charge >= 0.3 is 34.1 Å². The maximum Gasteiger partial charge on any atom is 3.00 e. The van der Waals surface area contributed by atoms with Gasteiger partial charge < -0.3 is 30.1 Å². The average molecular weight is 240 g/mol. The monoisotopic (exact) mass is 241 g/mol. The summed E-state index contributed by atoms with van der Waals surface area (Å²) in [5, 5.41) is 49.5. The quantitative estimate of drug-likeness (QED) is 0.385. The molecule has 0 aliphatic carbocycles. The molecule has 0 aromatic heterocycles. The van der Waals surface area contributed by atoms with Crippen LogP contribution in [0.25, 0.3) is 0 Å². The molecule has 6 nitrogen and oxygen atoms in total. The van der Waals surface area contributed by atoms with Gasteiger partial charge in [-0.15, -0.1) is 0 Å². The second-order valence-corrected chi connectivity index (χ2v) is 0.289. The van der Waals surface area contributed by atoms with E-state index in [1.807, 2.05) is 0 Å². The molecule has 11 heavy (non-hydrogen) atoms. The van der Waals surface area contributed by atoms with Gasteiger partial charge in [0.2, 0.25) is 0 Å². The zero-order chi connectivity index (χ0) is 8.12. The molecule has 0 aromatic rings. The molecule has 0 atom stereocenters. The van der Waals surface area contributed by atoms with Crippen LogP contribution in [0.1, 0.15) is 0 Å². The molecule has 0 N–H and O–H groups in total. The van der Waals surface area contributed by atoms with Gasteiger partial charge in [-0.2, -0.15) is 0 Å². The van der Waals surface area contributed by atoms with Crippen molar-refractivity contribution in [3.63, 3.8) is 0 Å². The molecule has 0 heterocycles. The molecule has 0 amide bonds. The topological polar surface area (TPSA) is 138 Å². The molecule has 0 aromatic carbocycles. The minimum Gasteiger partial charge on any atom is -0.900 e. The van der Waals surface area contributed by atoms with Gasteiger partial charge in [-0.05, 0) is 0 Å². The Morgan fingerprint density at radius 2 is 0.455 bits per heavy atom. The van der Waals surface area contributed by atoms with Crippen LogP contribution in [0, 0.1) is 0 Å². The van der Waals surface area contributed by atoms with Crippen LogP contribution in [0.4, 0.5) is 0 Å². The van der Waals surface area contributed by atoms with Crippen LogP contribution in [0.15, 0.2) is 0 Å². The van der Waals surface area contributed by atoms with Crippen molar-refractivity contribution in [3.8, 4) is 0 Å². The fraction of sp³-hybridized carbons (Fsp3) is 0. The van der Waals surface area contributed by atoms with Gasteiger partial charge in [-0.3, -0.25) is 0 Å². The van der Waals surface area contributed by atoms with Crippen molar-refractivity contribution in [2.75, 3.05) is 0 Å². The second kappa shape index (κ2) is 68.8. The van der Waals surface area contributed by atoms with E-state index in [0.717, 1.165) is 0 Å². The first-order valence-corrected chi connectivity index (χ1v) is 1.41. The van der Waals surface area contributed by atoms with Crippen molar-refractivity contribution in [2.45, 2.75) is 0 Å². The summed E-state index contributed by atoms with van der Waals surface area (Å²) in [6, 6.07) is 0. The maximum absolute atomic E-state index is 8.25. The first kappa shape index (κ1) is 29.6. The number of hydrogen-bond acceptors (Lipinski definition) is 6. The van der Waals surface area contributed by atoms with E-state index >= 15 is 0 Å². The molecule has 61 valence electrons. The minimum atomic E-state index is -0.500. The Kier molecular flexibility index (Phi) is 185. The van der Waals surface area contributed by atoms with Crippen molar-refractivity contribution in [1.82, 2.24) is 0 Å². The van der Waals surface area contributed by atoms with Gasteiger partial charge in [0.15, 0.2) is 0 Å². The summed E-state index contributed by atoms with van der Waals surface area (Å²) < 4.78 is 0. The Morgan fingerprint density at radius 3 is 0.455 bits per heavy atom. The molecule has 0 aliphatic rings. The van der Waals surface area contributed by atoms with Gasteiger partial charge in [0.25, 0.3) is 0 Å². The van der Waals surface area contributed by atoms with Crippen LogP contribution in [-0.2, 0) is 34.1 Å². The van der Waals surface area contributed by atoms with Crippen LogP contribution < -0.4 is 30.1 Å². The molecule has 0 fully saturated rings. The number of hydrogen-bond donors (Lipinski definition) is 0. The van der Waals surface area contributed by atoms with Crippen LogP contribution in [0.3, 0.4) is 0 Å². The normalized spacial score (nSPS) is 3.82. The third kappa shape index (κ3) is 900. The van der Waals surface area contributed by atoms with Crippen molar-refractivity contribution in [1.29, 1.82) is 0 Å². The summed E-state index contributed by atoms with van der Waals surface area (Å²) >= 11 is 0. The fourth-order valence-corrected chi connectivity index (χ4v) is 0. The van der Waals surface area contributed by atoms with E-state index in [4.69, 9.17) is 30.1 Å². The van der Waals surface area contributed by atoms with Crippen molar-refractivity contribution < 1.29 is 64.3 Å². The smallest absolute Gasteiger partial charge is 0.900 e. The molecule has 11 heteroatoms. The van der Waals surface area contributed by atoms with E-state index in [9.17, 15) is 0 Å². The van der Waals surface area contributed by atoms with Crippen LogP contribution >= 0.6 is 0 Å². The zero-order valence-electron chi connectivity index (χ0n) is 4.89. The fourth-order valence-electron chi connectivity index (χ4n) is 0. The number of rotatable bonds is 0. The van der Waals surface area contributed by atoms with E-state index in [2.05, 4.69) is 0 Å². The minimum absolute atomic E-state index is 0. The van der Waals surface area contributed by atoms with Gasteiger partial charge in [0.1, 0.15) is 0 Å². The molecule has 0 rings (SSSR count). The Hall–Kier alpha value is 0.994. The van der Waals surface area contributed by atoms with Gasteiger partial charge in [0.05, 0.1) is 0 Å². The Morgan fingerprint density at radius 1 is 0.455 bits per heavy atom. The van der Waals surface area contributed by atoms with Crippen molar-refractivity contribution in [3.05, 3.63) is 0 Å². The third-order valence-corrected chi connectivity index (χ3v) is 0. The van der Waals surface area contributed by atoms with Crippen molar-refractivity contribution >= 4 is 23.1 Å². The van der Waals surface area contributed by atoms with E-state index < -0.39 is 23.1 Å². The SMILES string of the molecule is [Fe+3].[Fe+3].[O-][B][O-].[O-][B][O-].[O-][B][O-]. The molecule has 0 unspecified atom stereocenters. The molecule has 5 radical (unpaired) electrons. The van der Waals surface area contributed by atoms with E-state index in [0.29, 0.717) is 0 Å². The second-order valence-electron chi connectivity index (χ2n) is 0.289. The molecule has 0 saturated heterocycles. The van der Waals surface area contributed by atoms with Crippen LogP contribution in [0.2, 0.25) is 0 Å². The molecule has 0 spiro atoms.